The number of hydrogen-bond acceptors (Lipinski definition) is 4. The van der Waals surface area contributed by atoms with Crippen LogP contribution in [0.3, 0.4) is 0 Å². The van der Waals surface area contributed by atoms with Crippen molar-refractivity contribution in [1.29, 1.82) is 0 Å². The minimum Gasteiger partial charge on any atom is -0.378 e. The van der Waals surface area contributed by atoms with Gasteiger partial charge in [-0.05, 0) is 31.5 Å². The predicted octanol–water partition coefficient (Wildman–Crippen LogP) is 2.42. The molecule has 6 nitrogen and oxygen atoms in total. The maximum Gasteiger partial charge on any atom is 0.257 e. The summed E-state index contributed by atoms with van der Waals surface area (Å²) in [6.45, 7) is 6.12. The number of benzene rings is 1. The highest BCUT2D eigenvalue weighted by molar-refractivity contribution is 6.06. The van der Waals surface area contributed by atoms with Crippen molar-refractivity contribution in [3.8, 4) is 0 Å². The second kappa shape index (κ2) is 7.44. The Bertz CT molecular complexity index is 798. The molecular weight excluding hydrogens is 318 g/mol. The van der Waals surface area contributed by atoms with Gasteiger partial charge >= 0.3 is 0 Å². The fourth-order valence-electron chi connectivity index (χ4n) is 2.78. The first-order chi connectivity index (χ1) is 12.0. The van der Waals surface area contributed by atoms with Gasteiger partial charge in [0.15, 0.2) is 0 Å². The van der Waals surface area contributed by atoms with Crippen LogP contribution in [-0.2, 0) is 4.74 Å². The fraction of sp³-hybridized carbons (Fsp3) is 0.316. The van der Waals surface area contributed by atoms with E-state index in [0.717, 1.165) is 16.8 Å². The van der Waals surface area contributed by atoms with Crippen LogP contribution >= 0.6 is 0 Å². The first-order valence-corrected chi connectivity index (χ1v) is 8.25. The van der Waals surface area contributed by atoms with Crippen LogP contribution in [0.25, 0.3) is 0 Å². The Morgan fingerprint density at radius 2 is 1.80 bits per heavy atom. The Labute approximate surface area is 146 Å². The van der Waals surface area contributed by atoms with Gasteiger partial charge in [-0.15, -0.1) is 0 Å². The van der Waals surface area contributed by atoms with Crippen LogP contribution in [0.2, 0.25) is 0 Å². The van der Waals surface area contributed by atoms with Gasteiger partial charge in [0.05, 0.1) is 24.3 Å². The highest BCUT2D eigenvalue weighted by Gasteiger charge is 2.20. The zero-order chi connectivity index (χ0) is 17.8. The molecule has 3 rings (SSSR count). The van der Waals surface area contributed by atoms with Crippen LogP contribution in [0.4, 0.5) is 5.69 Å². The molecule has 0 unspecified atom stereocenters. The summed E-state index contributed by atoms with van der Waals surface area (Å²) in [5.41, 5.74) is 3.65. The van der Waals surface area contributed by atoms with E-state index in [2.05, 4.69) is 10.3 Å². The molecule has 1 N–H and O–H groups in total. The number of nitrogens with zero attached hydrogens (tertiary/aromatic N) is 2. The molecule has 1 aromatic carbocycles. The quantitative estimate of drug-likeness (QED) is 0.932. The summed E-state index contributed by atoms with van der Waals surface area (Å²) in [6, 6.07) is 7.41. The van der Waals surface area contributed by atoms with E-state index in [9.17, 15) is 9.59 Å². The summed E-state index contributed by atoms with van der Waals surface area (Å²) in [4.78, 5) is 30.8. The smallest absolute Gasteiger partial charge is 0.257 e. The molecule has 1 aliphatic rings. The van der Waals surface area contributed by atoms with Crippen molar-refractivity contribution in [3.63, 3.8) is 0 Å². The number of hydrogen-bond donors (Lipinski definition) is 1. The van der Waals surface area contributed by atoms with Crippen LogP contribution < -0.4 is 5.32 Å². The minimum absolute atomic E-state index is 0.128. The lowest BCUT2D eigenvalue weighted by molar-refractivity contribution is 0.0302. The van der Waals surface area contributed by atoms with Gasteiger partial charge in [0, 0.05) is 31.2 Å². The molecule has 0 saturated carbocycles. The zero-order valence-corrected chi connectivity index (χ0v) is 14.4. The summed E-state index contributed by atoms with van der Waals surface area (Å²) >= 11 is 0. The average Bonchev–Trinajstić information content (AvgIpc) is 2.64. The van der Waals surface area contributed by atoms with Crippen LogP contribution in [-0.4, -0.2) is 48.0 Å². The van der Waals surface area contributed by atoms with E-state index >= 15 is 0 Å². The van der Waals surface area contributed by atoms with Gasteiger partial charge in [-0.2, -0.15) is 0 Å². The van der Waals surface area contributed by atoms with Crippen molar-refractivity contribution in [2.75, 3.05) is 31.6 Å². The molecular formula is C19H21N3O3. The maximum atomic E-state index is 12.5. The number of carbonyl (C=O) groups is 2. The van der Waals surface area contributed by atoms with Crippen molar-refractivity contribution < 1.29 is 14.3 Å². The molecule has 0 atom stereocenters. The summed E-state index contributed by atoms with van der Waals surface area (Å²) < 4.78 is 5.26. The largest absolute Gasteiger partial charge is 0.378 e. The molecule has 2 aromatic rings. The highest BCUT2D eigenvalue weighted by Crippen LogP contribution is 2.17. The molecule has 6 heteroatoms. The number of aryl methyl sites for hydroxylation is 2. The van der Waals surface area contributed by atoms with Crippen molar-refractivity contribution >= 4 is 17.5 Å². The molecule has 0 bridgehead atoms. The number of carbonyl (C=O) groups excluding carboxylic acids is 2. The highest BCUT2D eigenvalue weighted by atomic mass is 16.5. The number of anilines is 1. The van der Waals surface area contributed by atoms with E-state index in [1.54, 1.807) is 11.0 Å². The first-order valence-electron chi connectivity index (χ1n) is 8.25. The number of aromatic nitrogens is 1. The minimum atomic E-state index is -0.281. The molecule has 0 spiro atoms. The van der Waals surface area contributed by atoms with Gasteiger partial charge in [-0.3, -0.25) is 14.6 Å². The number of amides is 2. The lowest BCUT2D eigenvalue weighted by Crippen LogP contribution is -2.40. The first kappa shape index (κ1) is 17.1. The third-order valence-electron chi connectivity index (χ3n) is 4.18. The van der Waals surface area contributed by atoms with E-state index in [1.807, 2.05) is 32.0 Å². The molecule has 2 heterocycles. The van der Waals surface area contributed by atoms with Gasteiger partial charge in [-0.25, -0.2) is 0 Å². The fourth-order valence-corrected chi connectivity index (χ4v) is 2.78. The molecule has 25 heavy (non-hydrogen) atoms. The van der Waals surface area contributed by atoms with E-state index in [1.165, 1.54) is 12.4 Å². The third-order valence-corrected chi connectivity index (χ3v) is 4.18. The Kier molecular flexibility index (Phi) is 5.09. The standard InChI is InChI=1S/C19H21N3O3/c1-13-3-4-17(14(2)9-13)21-18(23)15-10-16(12-20-11-15)19(24)22-5-7-25-8-6-22/h3-4,9-12H,5-8H2,1-2H3,(H,21,23). The summed E-state index contributed by atoms with van der Waals surface area (Å²) in [6.07, 6.45) is 2.96. The Morgan fingerprint density at radius 3 is 2.52 bits per heavy atom. The molecule has 130 valence electrons. The molecule has 1 aromatic heterocycles. The van der Waals surface area contributed by atoms with Gasteiger partial charge < -0.3 is 15.0 Å². The Morgan fingerprint density at radius 1 is 1.08 bits per heavy atom. The third kappa shape index (κ3) is 4.03. The molecule has 2 amide bonds. The monoisotopic (exact) mass is 339 g/mol. The van der Waals surface area contributed by atoms with Gasteiger partial charge in [0.2, 0.25) is 0 Å². The topological polar surface area (TPSA) is 71.5 Å². The lowest BCUT2D eigenvalue weighted by atomic mass is 10.1. The van der Waals surface area contributed by atoms with Crippen molar-refractivity contribution in [1.82, 2.24) is 9.88 Å². The normalized spacial score (nSPS) is 14.2. The van der Waals surface area contributed by atoms with Crippen molar-refractivity contribution in [3.05, 3.63) is 58.9 Å². The average molecular weight is 339 g/mol. The van der Waals surface area contributed by atoms with Crippen LogP contribution in [0.15, 0.2) is 36.7 Å². The van der Waals surface area contributed by atoms with E-state index in [-0.39, 0.29) is 11.8 Å². The summed E-state index contributed by atoms with van der Waals surface area (Å²) in [7, 11) is 0. The molecule has 0 radical (unpaired) electrons. The van der Waals surface area contributed by atoms with Gasteiger partial charge in [-0.1, -0.05) is 17.7 Å². The van der Waals surface area contributed by atoms with Crippen LogP contribution in [0.1, 0.15) is 31.8 Å². The van der Waals surface area contributed by atoms with Gasteiger partial charge in [0.25, 0.3) is 11.8 Å². The second-order valence-corrected chi connectivity index (χ2v) is 6.14. The number of pyridine rings is 1. The summed E-state index contributed by atoms with van der Waals surface area (Å²) in [5.74, 6) is -0.409. The Balaban J connectivity index is 1.76. The number of rotatable bonds is 3. The van der Waals surface area contributed by atoms with E-state index in [4.69, 9.17) is 4.74 Å². The molecule has 1 fully saturated rings. The van der Waals surface area contributed by atoms with E-state index in [0.29, 0.717) is 37.4 Å². The number of ether oxygens (including phenoxy) is 1. The predicted molar refractivity (Wildman–Crippen MR) is 94.8 cm³/mol. The molecule has 1 aliphatic heterocycles. The van der Waals surface area contributed by atoms with Crippen molar-refractivity contribution in [2.24, 2.45) is 0 Å². The maximum absolute atomic E-state index is 12.5. The number of nitrogens with one attached hydrogen (secondary N) is 1. The van der Waals surface area contributed by atoms with Crippen LogP contribution in [0, 0.1) is 13.8 Å². The van der Waals surface area contributed by atoms with Crippen molar-refractivity contribution in [2.45, 2.75) is 13.8 Å². The van der Waals surface area contributed by atoms with Crippen LogP contribution in [0.5, 0.6) is 0 Å². The van der Waals surface area contributed by atoms with E-state index < -0.39 is 0 Å². The lowest BCUT2D eigenvalue weighted by Gasteiger charge is -2.26. The Hall–Kier alpha value is -2.73. The zero-order valence-electron chi connectivity index (χ0n) is 14.4. The SMILES string of the molecule is Cc1ccc(NC(=O)c2cncc(C(=O)N3CCOCC3)c2)c(C)c1. The second-order valence-electron chi connectivity index (χ2n) is 6.14. The molecule has 0 aliphatic carbocycles. The number of morpholine rings is 1. The summed E-state index contributed by atoms with van der Waals surface area (Å²) in [5, 5.41) is 2.88. The van der Waals surface area contributed by atoms with Gasteiger partial charge in [0.1, 0.15) is 0 Å². The molecule has 1 saturated heterocycles.